The van der Waals surface area contributed by atoms with Crippen molar-refractivity contribution in [3.63, 3.8) is 0 Å². The van der Waals surface area contributed by atoms with Crippen LogP contribution in [0.2, 0.25) is 0 Å². The first-order valence-corrected chi connectivity index (χ1v) is 8.29. The molecular formula is C14H22N4OS. The standard InChI is InChI=1S/C14H22N4OS/c15-14-17-12(9-20-14)7-16-11-3-4-13(19)18(6-5-11)8-10-1-2-10/h9-11,16H,1-8H2,(H2,15,17)/t11-/m1/s1. The molecule has 3 rings (SSSR count). The van der Waals surface area contributed by atoms with E-state index in [1.165, 1.54) is 24.2 Å². The Morgan fingerprint density at radius 1 is 1.40 bits per heavy atom. The molecule has 0 unspecified atom stereocenters. The van der Waals surface area contributed by atoms with Gasteiger partial charge in [-0.3, -0.25) is 4.79 Å². The van der Waals surface area contributed by atoms with Gasteiger partial charge in [0.2, 0.25) is 5.91 Å². The average Bonchev–Trinajstić information content (AvgIpc) is 3.18. The van der Waals surface area contributed by atoms with E-state index in [0.29, 0.717) is 23.5 Å². The molecule has 1 aliphatic heterocycles. The van der Waals surface area contributed by atoms with Crippen LogP contribution in [0.4, 0.5) is 5.13 Å². The van der Waals surface area contributed by atoms with Crippen LogP contribution >= 0.6 is 11.3 Å². The predicted octanol–water partition coefficient (Wildman–Crippen LogP) is 1.61. The molecule has 1 aromatic heterocycles. The maximum absolute atomic E-state index is 12.1. The van der Waals surface area contributed by atoms with Crippen molar-refractivity contribution in [2.45, 2.75) is 44.7 Å². The van der Waals surface area contributed by atoms with E-state index in [0.717, 1.165) is 44.1 Å². The highest BCUT2D eigenvalue weighted by Gasteiger charge is 2.29. The summed E-state index contributed by atoms with van der Waals surface area (Å²) >= 11 is 1.47. The Morgan fingerprint density at radius 2 is 2.25 bits per heavy atom. The number of hydrogen-bond acceptors (Lipinski definition) is 5. The first kappa shape index (κ1) is 13.8. The van der Waals surface area contributed by atoms with E-state index in [1.807, 2.05) is 5.38 Å². The van der Waals surface area contributed by atoms with Crippen LogP contribution in [0.15, 0.2) is 5.38 Å². The van der Waals surface area contributed by atoms with Gasteiger partial charge < -0.3 is 16.0 Å². The molecule has 1 aliphatic carbocycles. The van der Waals surface area contributed by atoms with E-state index in [2.05, 4.69) is 15.2 Å². The van der Waals surface area contributed by atoms with Crippen LogP contribution in [0, 0.1) is 5.92 Å². The number of hydrogen-bond donors (Lipinski definition) is 2. The zero-order valence-electron chi connectivity index (χ0n) is 11.7. The summed E-state index contributed by atoms with van der Waals surface area (Å²) in [6.07, 6.45) is 5.24. The highest BCUT2D eigenvalue weighted by atomic mass is 32.1. The Bertz CT molecular complexity index is 471. The monoisotopic (exact) mass is 294 g/mol. The normalized spacial score (nSPS) is 23.9. The molecule has 0 aromatic carbocycles. The average molecular weight is 294 g/mol. The molecule has 1 atom stereocenters. The minimum atomic E-state index is 0.333. The number of rotatable bonds is 5. The molecule has 2 heterocycles. The van der Waals surface area contributed by atoms with Gasteiger partial charge in [0, 0.05) is 37.5 Å². The van der Waals surface area contributed by atoms with Crippen molar-refractivity contribution >= 4 is 22.4 Å². The van der Waals surface area contributed by atoms with Crippen molar-refractivity contribution in [1.29, 1.82) is 0 Å². The SMILES string of the molecule is Nc1nc(CN[C@@H]2CCC(=O)N(CC3CC3)CC2)cs1. The van der Waals surface area contributed by atoms with E-state index in [4.69, 9.17) is 5.73 Å². The van der Waals surface area contributed by atoms with Crippen LogP contribution in [-0.4, -0.2) is 34.9 Å². The molecule has 20 heavy (non-hydrogen) atoms. The molecule has 5 nitrogen and oxygen atoms in total. The minimum Gasteiger partial charge on any atom is -0.375 e. The Morgan fingerprint density at radius 3 is 2.95 bits per heavy atom. The van der Waals surface area contributed by atoms with E-state index in [9.17, 15) is 4.79 Å². The molecule has 1 amide bonds. The van der Waals surface area contributed by atoms with Crippen LogP contribution in [0.25, 0.3) is 0 Å². The van der Waals surface area contributed by atoms with Crippen LogP contribution in [0.3, 0.4) is 0 Å². The zero-order valence-corrected chi connectivity index (χ0v) is 12.5. The topological polar surface area (TPSA) is 71.2 Å². The number of nitrogen functional groups attached to an aromatic ring is 1. The summed E-state index contributed by atoms with van der Waals surface area (Å²) in [5.41, 5.74) is 6.63. The maximum atomic E-state index is 12.1. The lowest BCUT2D eigenvalue weighted by Crippen LogP contribution is -2.33. The van der Waals surface area contributed by atoms with Gasteiger partial charge in [-0.2, -0.15) is 0 Å². The molecule has 0 bridgehead atoms. The smallest absolute Gasteiger partial charge is 0.222 e. The molecule has 110 valence electrons. The summed E-state index contributed by atoms with van der Waals surface area (Å²) in [5, 5.41) is 6.12. The summed E-state index contributed by atoms with van der Waals surface area (Å²) in [5.74, 6) is 1.11. The fourth-order valence-corrected chi connectivity index (χ4v) is 3.26. The molecule has 1 aromatic rings. The van der Waals surface area contributed by atoms with Gasteiger partial charge in [0.25, 0.3) is 0 Å². The summed E-state index contributed by atoms with van der Waals surface area (Å²) in [4.78, 5) is 18.4. The number of carbonyl (C=O) groups is 1. The van der Waals surface area contributed by atoms with Crippen molar-refractivity contribution < 1.29 is 4.79 Å². The number of amides is 1. The second-order valence-electron chi connectivity index (χ2n) is 5.87. The summed E-state index contributed by atoms with van der Waals surface area (Å²) in [7, 11) is 0. The van der Waals surface area contributed by atoms with Gasteiger partial charge in [0.15, 0.2) is 5.13 Å². The van der Waals surface area contributed by atoms with Gasteiger partial charge in [0.05, 0.1) is 5.69 Å². The van der Waals surface area contributed by atoms with Gasteiger partial charge >= 0.3 is 0 Å². The zero-order chi connectivity index (χ0) is 13.9. The van der Waals surface area contributed by atoms with E-state index in [1.54, 1.807) is 0 Å². The van der Waals surface area contributed by atoms with Gasteiger partial charge in [-0.25, -0.2) is 4.98 Å². The van der Waals surface area contributed by atoms with Gasteiger partial charge in [-0.15, -0.1) is 11.3 Å². The summed E-state index contributed by atoms with van der Waals surface area (Å²) in [6, 6.07) is 0.408. The molecule has 3 N–H and O–H groups in total. The van der Waals surface area contributed by atoms with Crippen molar-refractivity contribution in [3.8, 4) is 0 Å². The Labute approximate surface area is 123 Å². The fourth-order valence-electron chi connectivity index (χ4n) is 2.70. The first-order valence-electron chi connectivity index (χ1n) is 7.42. The third kappa shape index (κ3) is 3.70. The second kappa shape index (κ2) is 6.10. The minimum absolute atomic E-state index is 0.333. The van der Waals surface area contributed by atoms with Crippen molar-refractivity contribution in [1.82, 2.24) is 15.2 Å². The van der Waals surface area contributed by atoms with E-state index < -0.39 is 0 Å². The fraction of sp³-hybridized carbons (Fsp3) is 0.714. The maximum Gasteiger partial charge on any atom is 0.222 e. The number of carbonyl (C=O) groups excluding carboxylic acids is 1. The van der Waals surface area contributed by atoms with Gasteiger partial charge in [0.1, 0.15) is 0 Å². The number of thiazole rings is 1. The molecule has 2 aliphatic rings. The van der Waals surface area contributed by atoms with Crippen LogP contribution in [-0.2, 0) is 11.3 Å². The molecule has 1 saturated heterocycles. The number of nitrogens with two attached hydrogens (primary N) is 1. The second-order valence-corrected chi connectivity index (χ2v) is 6.76. The third-order valence-electron chi connectivity index (χ3n) is 4.12. The molecule has 0 radical (unpaired) electrons. The largest absolute Gasteiger partial charge is 0.375 e. The van der Waals surface area contributed by atoms with Gasteiger partial charge in [-0.1, -0.05) is 0 Å². The van der Waals surface area contributed by atoms with Crippen molar-refractivity contribution in [2.24, 2.45) is 5.92 Å². The molecule has 0 spiro atoms. The van der Waals surface area contributed by atoms with Crippen molar-refractivity contribution in [3.05, 3.63) is 11.1 Å². The lowest BCUT2D eigenvalue weighted by molar-refractivity contribution is -0.130. The highest BCUT2D eigenvalue weighted by Crippen LogP contribution is 2.30. The molecular weight excluding hydrogens is 272 g/mol. The number of aromatic nitrogens is 1. The lowest BCUT2D eigenvalue weighted by Gasteiger charge is -2.20. The number of likely N-dealkylation sites (tertiary alicyclic amines) is 1. The summed E-state index contributed by atoms with van der Waals surface area (Å²) in [6.45, 7) is 2.62. The number of nitrogens with zero attached hydrogens (tertiary/aromatic N) is 2. The Kier molecular flexibility index (Phi) is 4.21. The van der Waals surface area contributed by atoms with E-state index in [-0.39, 0.29) is 0 Å². The lowest BCUT2D eigenvalue weighted by atomic mass is 10.1. The van der Waals surface area contributed by atoms with Crippen LogP contribution in [0.5, 0.6) is 0 Å². The Hall–Kier alpha value is -1.14. The van der Waals surface area contributed by atoms with Crippen LogP contribution < -0.4 is 11.1 Å². The Balaban J connectivity index is 1.47. The molecule has 1 saturated carbocycles. The third-order valence-corrected chi connectivity index (χ3v) is 4.85. The number of nitrogens with one attached hydrogen (secondary N) is 1. The van der Waals surface area contributed by atoms with E-state index >= 15 is 0 Å². The quantitative estimate of drug-likeness (QED) is 0.865. The summed E-state index contributed by atoms with van der Waals surface area (Å²) < 4.78 is 0. The predicted molar refractivity (Wildman–Crippen MR) is 80.3 cm³/mol. The molecule has 2 fully saturated rings. The highest BCUT2D eigenvalue weighted by molar-refractivity contribution is 7.13. The number of anilines is 1. The van der Waals surface area contributed by atoms with Crippen molar-refractivity contribution in [2.75, 3.05) is 18.8 Å². The molecule has 6 heteroatoms. The van der Waals surface area contributed by atoms with Gasteiger partial charge in [-0.05, 0) is 31.6 Å². The van der Waals surface area contributed by atoms with Crippen LogP contribution in [0.1, 0.15) is 37.8 Å². The first-order chi connectivity index (χ1) is 9.70.